The molecule has 1 N–H and O–H groups in total. The van der Waals surface area contributed by atoms with Crippen molar-refractivity contribution in [2.75, 3.05) is 38.2 Å². The van der Waals surface area contributed by atoms with Gasteiger partial charge in [-0.3, -0.25) is 4.79 Å². The second-order valence-electron chi connectivity index (χ2n) is 5.55. The van der Waals surface area contributed by atoms with Crippen LogP contribution in [0.15, 0.2) is 18.2 Å². The molecule has 2 aliphatic heterocycles. The maximum Gasteiger partial charge on any atom is 0.263 e. The number of hydrogen-bond acceptors (Lipinski definition) is 4. The molecule has 0 saturated carbocycles. The van der Waals surface area contributed by atoms with Crippen LogP contribution in [-0.4, -0.2) is 49.8 Å². The molecule has 1 saturated heterocycles. The van der Waals surface area contributed by atoms with Gasteiger partial charge in [-0.05, 0) is 31.4 Å². The molecule has 1 amide bonds. The summed E-state index contributed by atoms with van der Waals surface area (Å²) in [5, 5.41) is 3.38. The normalized spacial score (nSPS) is 19.4. The number of nitrogens with zero attached hydrogens (tertiary/aromatic N) is 1. The average Bonchev–Trinajstić information content (AvgIpc) is 2.55. The molecule has 0 radical (unpaired) electrons. The zero-order valence-electron chi connectivity index (χ0n) is 12.4. The Hall–Kier alpha value is -1.75. The third-order valence-corrected chi connectivity index (χ3v) is 4.00. The van der Waals surface area contributed by atoms with E-state index in [2.05, 4.69) is 11.4 Å². The fraction of sp³-hybridized carbons (Fsp3) is 0.562. The van der Waals surface area contributed by atoms with Gasteiger partial charge in [-0.1, -0.05) is 6.07 Å². The van der Waals surface area contributed by atoms with E-state index in [9.17, 15) is 4.79 Å². The van der Waals surface area contributed by atoms with Gasteiger partial charge in [0.25, 0.3) is 5.91 Å². The van der Waals surface area contributed by atoms with Crippen LogP contribution in [0.4, 0.5) is 5.69 Å². The Morgan fingerprint density at radius 2 is 2.19 bits per heavy atom. The molecule has 1 unspecified atom stereocenters. The summed E-state index contributed by atoms with van der Waals surface area (Å²) in [6, 6.07) is 6.04. The van der Waals surface area contributed by atoms with Crippen molar-refractivity contribution in [3.8, 4) is 5.75 Å². The van der Waals surface area contributed by atoms with E-state index in [1.807, 2.05) is 24.0 Å². The highest BCUT2D eigenvalue weighted by Gasteiger charge is 2.24. The van der Waals surface area contributed by atoms with Crippen molar-refractivity contribution >= 4 is 11.6 Å². The highest BCUT2D eigenvalue weighted by atomic mass is 16.5. The molecule has 1 aromatic rings. The van der Waals surface area contributed by atoms with Crippen LogP contribution in [0.5, 0.6) is 5.75 Å². The maximum atomic E-state index is 12.3. The van der Waals surface area contributed by atoms with Crippen molar-refractivity contribution < 1.29 is 14.3 Å². The minimum Gasteiger partial charge on any atom is -0.481 e. The monoisotopic (exact) mass is 290 g/mol. The highest BCUT2D eigenvalue weighted by molar-refractivity contribution is 5.81. The maximum absolute atomic E-state index is 12.3. The number of carbonyl (C=O) groups is 1. The van der Waals surface area contributed by atoms with E-state index in [1.165, 1.54) is 12.0 Å². The lowest BCUT2D eigenvalue weighted by atomic mass is 10.0. The number of ether oxygens (including phenoxy) is 2. The highest BCUT2D eigenvalue weighted by Crippen LogP contribution is 2.27. The van der Waals surface area contributed by atoms with Gasteiger partial charge in [0.05, 0.1) is 13.2 Å². The third kappa shape index (κ3) is 3.29. The minimum absolute atomic E-state index is 0.0315. The summed E-state index contributed by atoms with van der Waals surface area (Å²) < 4.78 is 11.1. The minimum atomic E-state index is -0.468. The number of nitrogens with one attached hydrogen (secondary N) is 1. The topological polar surface area (TPSA) is 50.8 Å². The first-order valence-corrected chi connectivity index (χ1v) is 7.64. The SMILES string of the molecule is CC(Oc1ccc2c(c1)NCCC2)C(=O)N1CCOCC1. The van der Waals surface area contributed by atoms with Crippen molar-refractivity contribution in [1.29, 1.82) is 0 Å². The molecule has 5 nitrogen and oxygen atoms in total. The van der Waals surface area contributed by atoms with Gasteiger partial charge in [-0.2, -0.15) is 0 Å². The summed E-state index contributed by atoms with van der Waals surface area (Å²) in [7, 11) is 0. The standard InChI is InChI=1S/C16H22N2O3/c1-12(16(19)18-7-9-20-10-8-18)21-14-5-4-13-3-2-6-17-15(13)11-14/h4-5,11-12,17H,2-3,6-10H2,1H3. The molecule has 0 aliphatic carbocycles. The van der Waals surface area contributed by atoms with Gasteiger partial charge in [-0.25, -0.2) is 0 Å². The number of rotatable bonds is 3. The molecule has 21 heavy (non-hydrogen) atoms. The lowest BCUT2D eigenvalue weighted by Gasteiger charge is -2.29. The number of anilines is 1. The van der Waals surface area contributed by atoms with Gasteiger partial charge in [0.15, 0.2) is 6.10 Å². The van der Waals surface area contributed by atoms with E-state index >= 15 is 0 Å². The summed E-state index contributed by atoms with van der Waals surface area (Å²) >= 11 is 0. The number of hydrogen-bond donors (Lipinski definition) is 1. The summed E-state index contributed by atoms with van der Waals surface area (Å²) in [4.78, 5) is 14.1. The molecule has 0 aromatic heterocycles. The van der Waals surface area contributed by atoms with Crippen molar-refractivity contribution in [3.05, 3.63) is 23.8 Å². The van der Waals surface area contributed by atoms with Crippen molar-refractivity contribution in [1.82, 2.24) is 4.90 Å². The summed E-state index contributed by atoms with van der Waals surface area (Å²) in [6.07, 6.45) is 1.80. The number of amides is 1. The second-order valence-corrected chi connectivity index (χ2v) is 5.55. The van der Waals surface area contributed by atoms with Gasteiger partial charge in [0.1, 0.15) is 5.75 Å². The van der Waals surface area contributed by atoms with Crippen molar-refractivity contribution in [3.63, 3.8) is 0 Å². The Morgan fingerprint density at radius 3 is 3.00 bits per heavy atom. The van der Waals surface area contributed by atoms with Gasteiger partial charge in [-0.15, -0.1) is 0 Å². The first kappa shape index (κ1) is 14.2. The summed E-state index contributed by atoms with van der Waals surface area (Å²) in [5.41, 5.74) is 2.45. The number of morpholine rings is 1. The first-order valence-electron chi connectivity index (χ1n) is 7.64. The molecule has 3 rings (SSSR count). The van der Waals surface area contributed by atoms with E-state index in [0.29, 0.717) is 26.3 Å². The van der Waals surface area contributed by atoms with Crippen LogP contribution in [0.2, 0.25) is 0 Å². The predicted octanol–water partition coefficient (Wildman–Crippen LogP) is 1.67. The number of carbonyl (C=O) groups excluding carboxylic acids is 1. The van der Waals surface area contributed by atoms with Crippen LogP contribution in [-0.2, 0) is 16.0 Å². The average molecular weight is 290 g/mol. The second kappa shape index (κ2) is 6.35. The Labute approximate surface area is 125 Å². The van der Waals surface area contributed by atoms with Gasteiger partial charge >= 0.3 is 0 Å². The Morgan fingerprint density at radius 1 is 1.38 bits per heavy atom. The lowest BCUT2D eigenvalue weighted by molar-refractivity contribution is -0.142. The van der Waals surface area contributed by atoms with E-state index in [-0.39, 0.29) is 5.91 Å². The molecule has 0 spiro atoms. The number of benzene rings is 1. The summed E-state index contributed by atoms with van der Waals surface area (Å²) in [6.45, 7) is 5.34. The van der Waals surface area contributed by atoms with Crippen molar-refractivity contribution in [2.24, 2.45) is 0 Å². The van der Waals surface area contributed by atoms with Gasteiger partial charge in [0.2, 0.25) is 0 Å². The molecule has 1 atom stereocenters. The molecular formula is C16H22N2O3. The molecule has 2 heterocycles. The number of fused-ring (bicyclic) bond motifs is 1. The fourth-order valence-corrected chi connectivity index (χ4v) is 2.81. The smallest absolute Gasteiger partial charge is 0.263 e. The molecule has 1 fully saturated rings. The first-order chi connectivity index (χ1) is 10.2. The number of aryl methyl sites for hydroxylation is 1. The van der Waals surface area contributed by atoms with Crippen LogP contribution in [0.3, 0.4) is 0 Å². The van der Waals surface area contributed by atoms with Crippen molar-refractivity contribution in [2.45, 2.75) is 25.9 Å². The van der Waals surface area contributed by atoms with Crippen LogP contribution in [0, 0.1) is 0 Å². The molecule has 0 bridgehead atoms. The van der Waals surface area contributed by atoms with Crippen LogP contribution in [0.1, 0.15) is 18.9 Å². The molecule has 5 heteroatoms. The molecular weight excluding hydrogens is 268 g/mol. The summed E-state index contributed by atoms with van der Waals surface area (Å²) in [5.74, 6) is 0.779. The quantitative estimate of drug-likeness (QED) is 0.920. The van der Waals surface area contributed by atoms with Crippen LogP contribution >= 0.6 is 0 Å². The largest absolute Gasteiger partial charge is 0.481 e. The van der Waals surface area contributed by atoms with E-state index in [0.717, 1.165) is 24.4 Å². The lowest BCUT2D eigenvalue weighted by Crippen LogP contribution is -2.46. The molecule has 2 aliphatic rings. The van der Waals surface area contributed by atoms with E-state index in [4.69, 9.17) is 9.47 Å². The van der Waals surface area contributed by atoms with Gasteiger partial charge < -0.3 is 19.7 Å². The zero-order chi connectivity index (χ0) is 14.7. The van der Waals surface area contributed by atoms with E-state index in [1.54, 1.807) is 0 Å². The van der Waals surface area contributed by atoms with E-state index < -0.39 is 6.10 Å². The predicted molar refractivity (Wildman–Crippen MR) is 80.7 cm³/mol. The zero-order valence-corrected chi connectivity index (χ0v) is 12.4. The Kier molecular flexibility index (Phi) is 4.29. The fourth-order valence-electron chi connectivity index (χ4n) is 2.81. The Bertz CT molecular complexity index is 512. The van der Waals surface area contributed by atoms with Crippen LogP contribution < -0.4 is 10.1 Å². The third-order valence-electron chi connectivity index (χ3n) is 4.00. The van der Waals surface area contributed by atoms with Crippen LogP contribution in [0.25, 0.3) is 0 Å². The molecule has 114 valence electrons. The Balaban J connectivity index is 1.63. The van der Waals surface area contributed by atoms with Gasteiger partial charge in [0, 0.05) is 31.4 Å². The molecule has 1 aromatic carbocycles.